The van der Waals surface area contributed by atoms with Gasteiger partial charge in [-0.3, -0.25) is 0 Å². The van der Waals surface area contributed by atoms with Gasteiger partial charge in [0, 0.05) is 26.7 Å². The summed E-state index contributed by atoms with van der Waals surface area (Å²) in [6.45, 7) is 6.39. The fourth-order valence-electron chi connectivity index (χ4n) is 1.80. The molecule has 2 N–H and O–H groups in total. The van der Waals surface area contributed by atoms with Gasteiger partial charge in [0.2, 0.25) is 0 Å². The summed E-state index contributed by atoms with van der Waals surface area (Å²) >= 11 is 0. The molecule has 1 atom stereocenters. The van der Waals surface area contributed by atoms with Gasteiger partial charge in [0.25, 0.3) is 0 Å². The van der Waals surface area contributed by atoms with E-state index in [-0.39, 0.29) is 0 Å². The van der Waals surface area contributed by atoms with Gasteiger partial charge in [-0.25, -0.2) is 0 Å². The third-order valence-electron chi connectivity index (χ3n) is 3.06. The van der Waals surface area contributed by atoms with Gasteiger partial charge in [-0.1, -0.05) is 39.0 Å². The molecule has 0 aliphatic heterocycles. The Bertz CT molecular complexity index is 160. The summed E-state index contributed by atoms with van der Waals surface area (Å²) in [7, 11) is 1.67. The van der Waals surface area contributed by atoms with Crippen LogP contribution in [0.4, 0.5) is 0 Å². The first-order valence-electron chi connectivity index (χ1n) is 7.04. The number of methoxy groups -OCH3 is 1. The molecule has 0 bridgehead atoms. The fourth-order valence-corrected chi connectivity index (χ4v) is 1.80. The molecule has 0 fully saturated rings. The van der Waals surface area contributed by atoms with E-state index in [0.717, 1.165) is 6.54 Å². The van der Waals surface area contributed by atoms with Gasteiger partial charge in [-0.2, -0.15) is 0 Å². The van der Waals surface area contributed by atoms with Gasteiger partial charge in [0.1, 0.15) is 0 Å². The second-order valence-electron chi connectivity index (χ2n) is 5.18. The van der Waals surface area contributed by atoms with E-state index in [1.807, 2.05) is 6.92 Å². The van der Waals surface area contributed by atoms with E-state index in [1.165, 1.54) is 38.5 Å². The van der Waals surface area contributed by atoms with Crippen LogP contribution >= 0.6 is 0 Å². The third-order valence-corrected chi connectivity index (χ3v) is 3.06. The van der Waals surface area contributed by atoms with E-state index < -0.39 is 5.60 Å². The zero-order valence-corrected chi connectivity index (χ0v) is 11.9. The van der Waals surface area contributed by atoms with Crippen molar-refractivity contribution in [1.82, 2.24) is 5.32 Å². The molecule has 0 aromatic heterocycles. The zero-order chi connectivity index (χ0) is 13.0. The van der Waals surface area contributed by atoms with Crippen molar-refractivity contribution in [2.45, 2.75) is 64.4 Å². The summed E-state index contributed by atoms with van der Waals surface area (Å²) in [5.41, 5.74) is -0.641. The van der Waals surface area contributed by atoms with E-state index in [1.54, 1.807) is 7.11 Å². The topological polar surface area (TPSA) is 41.5 Å². The van der Waals surface area contributed by atoms with Gasteiger partial charge in [0.15, 0.2) is 0 Å². The largest absolute Gasteiger partial charge is 0.389 e. The maximum absolute atomic E-state index is 9.98. The van der Waals surface area contributed by atoms with Gasteiger partial charge in [-0.15, -0.1) is 0 Å². The highest BCUT2D eigenvalue weighted by atomic mass is 16.5. The standard InChI is InChI=1S/C14H31NO2/c1-4-5-6-7-8-9-11-15-13-14(2,16)10-12-17-3/h15-16H,4-13H2,1-3H3. The number of aliphatic hydroxyl groups is 1. The van der Waals surface area contributed by atoms with E-state index in [0.29, 0.717) is 19.6 Å². The summed E-state index contributed by atoms with van der Waals surface area (Å²) in [4.78, 5) is 0. The zero-order valence-electron chi connectivity index (χ0n) is 11.9. The first kappa shape index (κ1) is 16.9. The normalized spacial score (nSPS) is 14.8. The van der Waals surface area contributed by atoms with Crippen molar-refractivity contribution < 1.29 is 9.84 Å². The minimum Gasteiger partial charge on any atom is -0.389 e. The molecule has 17 heavy (non-hydrogen) atoms. The van der Waals surface area contributed by atoms with E-state index in [4.69, 9.17) is 4.74 Å². The first-order valence-corrected chi connectivity index (χ1v) is 7.04. The summed E-state index contributed by atoms with van der Waals surface area (Å²) in [5, 5.41) is 13.3. The van der Waals surface area contributed by atoms with Crippen molar-refractivity contribution in [2.75, 3.05) is 26.8 Å². The molecular formula is C14H31NO2. The van der Waals surface area contributed by atoms with Crippen LogP contribution in [0.5, 0.6) is 0 Å². The Hall–Kier alpha value is -0.120. The maximum atomic E-state index is 9.98. The van der Waals surface area contributed by atoms with Crippen LogP contribution in [0.15, 0.2) is 0 Å². The Morgan fingerprint density at radius 3 is 2.41 bits per heavy atom. The highest BCUT2D eigenvalue weighted by molar-refractivity contribution is 4.74. The summed E-state index contributed by atoms with van der Waals surface area (Å²) < 4.78 is 4.97. The average molecular weight is 245 g/mol. The molecule has 0 saturated heterocycles. The predicted octanol–water partition coefficient (Wildman–Crippen LogP) is 2.72. The van der Waals surface area contributed by atoms with Crippen molar-refractivity contribution in [3.05, 3.63) is 0 Å². The first-order chi connectivity index (χ1) is 8.12. The molecule has 0 aliphatic rings. The fraction of sp³-hybridized carbons (Fsp3) is 1.00. The van der Waals surface area contributed by atoms with Gasteiger partial charge in [0.05, 0.1) is 5.60 Å². The molecule has 0 radical (unpaired) electrons. The predicted molar refractivity (Wildman–Crippen MR) is 73.4 cm³/mol. The van der Waals surface area contributed by atoms with Crippen LogP contribution in [0.1, 0.15) is 58.8 Å². The molecule has 3 nitrogen and oxygen atoms in total. The van der Waals surface area contributed by atoms with Crippen molar-refractivity contribution in [3.8, 4) is 0 Å². The molecule has 1 unspecified atom stereocenters. The summed E-state index contributed by atoms with van der Waals surface area (Å²) in [6.07, 6.45) is 8.57. The average Bonchev–Trinajstić information content (AvgIpc) is 2.30. The Balaban J connectivity index is 3.26. The maximum Gasteiger partial charge on any atom is 0.0765 e. The number of rotatable bonds is 12. The van der Waals surface area contributed by atoms with Crippen molar-refractivity contribution in [1.29, 1.82) is 0 Å². The second-order valence-corrected chi connectivity index (χ2v) is 5.18. The van der Waals surface area contributed by atoms with Crippen LogP contribution in [0.2, 0.25) is 0 Å². The van der Waals surface area contributed by atoms with Gasteiger partial charge >= 0.3 is 0 Å². The molecular weight excluding hydrogens is 214 g/mol. The third kappa shape index (κ3) is 12.1. The number of ether oxygens (including phenoxy) is 1. The molecule has 0 amide bonds. The lowest BCUT2D eigenvalue weighted by molar-refractivity contribution is 0.0251. The number of hydrogen-bond acceptors (Lipinski definition) is 3. The van der Waals surface area contributed by atoms with Crippen molar-refractivity contribution >= 4 is 0 Å². The molecule has 0 aromatic rings. The quantitative estimate of drug-likeness (QED) is 0.519. The highest BCUT2D eigenvalue weighted by Gasteiger charge is 2.18. The van der Waals surface area contributed by atoms with Crippen LogP contribution in [-0.2, 0) is 4.74 Å². The lowest BCUT2D eigenvalue weighted by Crippen LogP contribution is -2.39. The van der Waals surface area contributed by atoms with E-state index in [9.17, 15) is 5.11 Å². The molecule has 0 aliphatic carbocycles. The number of unbranched alkanes of at least 4 members (excludes halogenated alkanes) is 5. The number of hydrogen-bond donors (Lipinski definition) is 2. The molecule has 0 spiro atoms. The smallest absolute Gasteiger partial charge is 0.0765 e. The van der Waals surface area contributed by atoms with Gasteiger partial charge in [-0.05, 0) is 19.9 Å². The van der Waals surface area contributed by atoms with Gasteiger partial charge < -0.3 is 15.2 Å². The SMILES string of the molecule is CCCCCCCCNCC(C)(O)CCOC. The summed E-state index contributed by atoms with van der Waals surface area (Å²) in [6, 6.07) is 0. The van der Waals surface area contributed by atoms with Crippen molar-refractivity contribution in [3.63, 3.8) is 0 Å². The Morgan fingerprint density at radius 1 is 1.12 bits per heavy atom. The highest BCUT2D eigenvalue weighted by Crippen LogP contribution is 2.08. The van der Waals surface area contributed by atoms with Crippen molar-refractivity contribution in [2.24, 2.45) is 0 Å². The van der Waals surface area contributed by atoms with Crippen LogP contribution < -0.4 is 5.32 Å². The lowest BCUT2D eigenvalue weighted by atomic mass is 10.0. The molecule has 0 heterocycles. The Morgan fingerprint density at radius 2 is 1.76 bits per heavy atom. The molecule has 0 aromatic carbocycles. The van der Waals surface area contributed by atoms with Crippen LogP contribution in [0, 0.1) is 0 Å². The lowest BCUT2D eigenvalue weighted by Gasteiger charge is -2.23. The van der Waals surface area contributed by atoms with E-state index in [2.05, 4.69) is 12.2 Å². The van der Waals surface area contributed by atoms with Crippen LogP contribution in [0.3, 0.4) is 0 Å². The van der Waals surface area contributed by atoms with Crippen LogP contribution in [0.25, 0.3) is 0 Å². The Labute approximate surface area is 107 Å². The van der Waals surface area contributed by atoms with E-state index >= 15 is 0 Å². The summed E-state index contributed by atoms with van der Waals surface area (Å²) in [5.74, 6) is 0. The minimum atomic E-state index is -0.641. The van der Waals surface area contributed by atoms with Crippen LogP contribution in [-0.4, -0.2) is 37.5 Å². The Kier molecular flexibility index (Phi) is 10.9. The monoisotopic (exact) mass is 245 g/mol. The minimum absolute atomic E-state index is 0.617. The molecule has 0 saturated carbocycles. The molecule has 3 heteroatoms. The molecule has 0 rings (SSSR count). The molecule has 104 valence electrons. The number of nitrogens with one attached hydrogen (secondary N) is 1. The second kappa shape index (κ2) is 11.0.